The summed E-state index contributed by atoms with van der Waals surface area (Å²) < 4.78 is 0. The Balaban J connectivity index is 3.76. The van der Waals surface area contributed by atoms with Crippen molar-refractivity contribution in [2.24, 2.45) is 17.6 Å². The fraction of sp³-hybridized carbons (Fsp3) is 0.818. The molecule has 0 saturated heterocycles. The van der Waals surface area contributed by atoms with Crippen LogP contribution in [0.15, 0.2) is 0 Å². The minimum Gasteiger partial charge on any atom is -0.355 e. The molecule has 1 atom stereocenters. The van der Waals surface area contributed by atoms with Gasteiger partial charge in [-0.2, -0.15) is 5.26 Å². The van der Waals surface area contributed by atoms with E-state index < -0.39 is 0 Å². The normalized spacial score (nSPS) is 12.2. The highest BCUT2D eigenvalue weighted by Crippen LogP contribution is 2.13. The maximum Gasteiger partial charge on any atom is 0.220 e. The first-order valence-corrected chi connectivity index (χ1v) is 5.43. The van der Waals surface area contributed by atoms with Gasteiger partial charge in [-0.15, -0.1) is 0 Å². The average molecular weight is 211 g/mol. The summed E-state index contributed by atoms with van der Waals surface area (Å²) in [5.41, 5.74) is 5.59. The Morgan fingerprint density at radius 1 is 1.53 bits per heavy atom. The van der Waals surface area contributed by atoms with E-state index >= 15 is 0 Å². The predicted molar refractivity (Wildman–Crippen MR) is 59.9 cm³/mol. The molecule has 0 spiro atoms. The van der Waals surface area contributed by atoms with Crippen molar-refractivity contribution in [2.45, 2.75) is 33.1 Å². The molecule has 4 nitrogen and oxygen atoms in total. The van der Waals surface area contributed by atoms with Crippen molar-refractivity contribution in [1.29, 1.82) is 5.26 Å². The lowest BCUT2D eigenvalue weighted by Crippen LogP contribution is -2.29. The molecule has 0 aromatic rings. The van der Waals surface area contributed by atoms with E-state index in [9.17, 15) is 4.79 Å². The van der Waals surface area contributed by atoms with Crippen LogP contribution in [-0.2, 0) is 4.79 Å². The monoisotopic (exact) mass is 211 g/mol. The summed E-state index contributed by atoms with van der Waals surface area (Å²) in [6, 6.07) is 1.98. The zero-order valence-corrected chi connectivity index (χ0v) is 9.62. The SMILES string of the molecule is CC(C)CC(CN)CC(=O)NCCC#N. The van der Waals surface area contributed by atoms with Crippen LogP contribution in [0.25, 0.3) is 0 Å². The molecule has 86 valence electrons. The van der Waals surface area contributed by atoms with Gasteiger partial charge < -0.3 is 11.1 Å². The van der Waals surface area contributed by atoms with E-state index in [1.807, 2.05) is 6.07 Å². The van der Waals surface area contributed by atoms with Crippen LogP contribution >= 0.6 is 0 Å². The molecule has 0 bridgehead atoms. The van der Waals surface area contributed by atoms with Gasteiger partial charge in [0.05, 0.1) is 12.5 Å². The zero-order chi connectivity index (χ0) is 11.7. The van der Waals surface area contributed by atoms with Crippen molar-refractivity contribution in [3.8, 4) is 6.07 Å². The van der Waals surface area contributed by atoms with Crippen molar-refractivity contribution < 1.29 is 4.79 Å². The van der Waals surface area contributed by atoms with Crippen molar-refractivity contribution in [3.05, 3.63) is 0 Å². The molecule has 0 aromatic carbocycles. The summed E-state index contributed by atoms with van der Waals surface area (Å²) in [6.07, 6.45) is 1.81. The molecule has 1 amide bonds. The molecule has 0 heterocycles. The van der Waals surface area contributed by atoms with E-state index in [4.69, 9.17) is 11.0 Å². The number of nitrogens with two attached hydrogens (primary N) is 1. The van der Waals surface area contributed by atoms with Crippen LogP contribution in [0.3, 0.4) is 0 Å². The molecular formula is C11H21N3O. The van der Waals surface area contributed by atoms with Gasteiger partial charge in [-0.05, 0) is 24.8 Å². The second kappa shape index (κ2) is 8.25. The van der Waals surface area contributed by atoms with Gasteiger partial charge in [0, 0.05) is 13.0 Å². The molecule has 0 aromatic heterocycles. The number of nitriles is 1. The second-order valence-electron chi connectivity index (χ2n) is 4.19. The molecule has 4 heteroatoms. The van der Waals surface area contributed by atoms with E-state index in [-0.39, 0.29) is 11.8 Å². The van der Waals surface area contributed by atoms with Gasteiger partial charge in [-0.1, -0.05) is 13.8 Å². The summed E-state index contributed by atoms with van der Waals surface area (Å²) in [5, 5.41) is 11.0. The Labute approximate surface area is 91.8 Å². The second-order valence-corrected chi connectivity index (χ2v) is 4.19. The topological polar surface area (TPSA) is 78.9 Å². The molecular weight excluding hydrogens is 190 g/mol. The van der Waals surface area contributed by atoms with Crippen LogP contribution in [0.2, 0.25) is 0 Å². The quantitative estimate of drug-likeness (QED) is 0.617. The number of hydrogen-bond donors (Lipinski definition) is 2. The number of carbonyl (C=O) groups is 1. The first-order valence-electron chi connectivity index (χ1n) is 5.43. The van der Waals surface area contributed by atoms with Crippen molar-refractivity contribution in [2.75, 3.05) is 13.1 Å². The number of rotatable bonds is 7. The molecule has 3 N–H and O–H groups in total. The largest absolute Gasteiger partial charge is 0.355 e. The van der Waals surface area contributed by atoms with Crippen molar-refractivity contribution in [1.82, 2.24) is 5.32 Å². The lowest BCUT2D eigenvalue weighted by molar-refractivity contribution is -0.122. The van der Waals surface area contributed by atoms with Crippen LogP contribution < -0.4 is 11.1 Å². The third-order valence-corrected chi connectivity index (χ3v) is 2.17. The maximum atomic E-state index is 11.4. The van der Waals surface area contributed by atoms with Gasteiger partial charge in [0.15, 0.2) is 0 Å². The number of carbonyl (C=O) groups excluding carboxylic acids is 1. The molecule has 0 radical (unpaired) electrons. The van der Waals surface area contributed by atoms with E-state index in [1.54, 1.807) is 0 Å². The van der Waals surface area contributed by atoms with Gasteiger partial charge in [-0.25, -0.2) is 0 Å². The Morgan fingerprint density at radius 2 is 2.20 bits per heavy atom. The van der Waals surface area contributed by atoms with Gasteiger partial charge >= 0.3 is 0 Å². The lowest BCUT2D eigenvalue weighted by atomic mass is 9.94. The summed E-state index contributed by atoms with van der Waals surface area (Å²) in [4.78, 5) is 11.4. The highest BCUT2D eigenvalue weighted by Gasteiger charge is 2.13. The Morgan fingerprint density at radius 3 is 2.67 bits per heavy atom. The van der Waals surface area contributed by atoms with Gasteiger partial charge in [0.25, 0.3) is 0 Å². The molecule has 1 unspecified atom stereocenters. The highest BCUT2D eigenvalue weighted by molar-refractivity contribution is 5.76. The number of hydrogen-bond acceptors (Lipinski definition) is 3. The van der Waals surface area contributed by atoms with Crippen molar-refractivity contribution >= 4 is 5.91 Å². The van der Waals surface area contributed by atoms with Crippen LogP contribution in [0.1, 0.15) is 33.1 Å². The predicted octanol–water partition coefficient (Wildman–Crippen LogP) is 1.03. The Hall–Kier alpha value is -1.08. The van der Waals surface area contributed by atoms with Gasteiger partial charge in [-0.3, -0.25) is 4.79 Å². The summed E-state index contributed by atoms with van der Waals surface area (Å²) in [5.74, 6) is 0.818. The lowest BCUT2D eigenvalue weighted by Gasteiger charge is -2.16. The first-order chi connectivity index (χ1) is 7.10. The van der Waals surface area contributed by atoms with Crippen molar-refractivity contribution in [3.63, 3.8) is 0 Å². The van der Waals surface area contributed by atoms with E-state index in [2.05, 4.69) is 19.2 Å². The number of nitrogens with zero attached hydrogens (tertiary/aromatic N) is 1. The average Bonchev–Trinajstić information content (AvgIpc) is 2.16. The molecule has 0 rings (SSSR count). The minimum absolute atomic E-state index is 0.00125. The Bertz CT molecular complexity index is 220. The number of nitrogens with one attached hydrogen (secondary N) is 1. The standard InChI is InChI=1S/C11H21N3O/c1-9(2)6-10(8-13)7-11(15)14-5-3-4-12/h9-10H,3,5-8,13H2,1-2H3,(H,14,15). The molecule has 0 aliphatic heterocycles. The summed E-state index contributed by atoms with van der Waals surface area (Å²) >= 11 is 0. The molecule has 0 fully saturated rings. The Kier molecular flexibility index (Phi) is 7.65. The van der Waals surface area contributed by atoms with E-state index in [0.29, 0.717) is 31.8 Å². The maximum absolute atomic E-state index is 11.4. The summed E-state index contributed by atoms with van der Waals surface area (Å²) in [7, 11) is 0. The fourth-order valence-electron chi connectivity index (χ4n) is 1.52. The fourth-order valence-corrected chi connectivity index (χ4v) is 1.52. The van der Waals surface area contributed by atoms with Gasteiger partial charge in [0.2, 0.25) is 5.91 Å². The van der Waals surface area contributed by atoms with Crippen LogP contribution in [0, 0.1) is 23.2 Å². The highest BCUT2D eigenvalue weighted by atomic mass is 16.1. The van der Waals surface area contributed by atoms with E-state index in [1.165, 1.54) is 0 Å². The van der Waals surface area contributed by atoms with E-state index in [0.717, 1.165) is 6.42 Å². The number of amides is 1. The van der Waals surface area contributed by atoms with Crippen LogP contribution in [0.4, 0.5) is 0 Å². The smallest absolute Gasteiger partial charge is 0.220 e. The molecule has 15 heavy (non-hydrogen) atoms. The molecule has 0 aliphatic rings. The third-order valence-electron chi connectivity index (χ3n) is 2.17. The molecule has 0 saturated carbocycles. The zero-order valence-electron chi connectivity index (χ0n) is 9.62. The molecule has 0 aliphatic carbocycles. The summed E-state index contributed by atoms with van der Waals surface area (Å²) in [6.45, 7) is 5.23. The first kappa shape index (κ1) is 13.9. The van der Waals surface area contributed by atoms with Crippen LogP contribution in [0.5, 0.6) is 0 Å². The van der Waals surface area contributed by atoms with Crippen LogP contribution in [-0.4, -0.2) is 19.0 Å². The minimum atomic E-state index is 0.00125. The third kappa shape index (κ3) is 7.95. The van der Waals surface area contributed by atoms with Gasteiger partial charge in [0.1, 0.15) is 0 Å².